The van der Waals surface area contributed by atoms with Crippen LogP contribution in [0.3, 0.4) is 0 Å². The van der Waals surface area contributed by atoms with Gasteiger partial charge in [0, 0.05) is 30.7 Å². The van der Waals surface area contributed by atoms with E-state index in [9.17, 15) is 9.50 Å². The molecule has 0 unspecified atom stereocenters. The number of benzene rings is 1. The molecule has 1 rings (SSSR count). The highest BCUT2D eigenvalue weighted by molar-refractivity contribution is 5.40. The molecule has 2 N–H and O–H groups in total. The van der Waals surface area contributed by atoms with Crippen LogP contribution in [-0.4, -0.2) is 23.9 Å². The Kier molecular flexibility index (Phi) is 3.08. The minimum Gasteiger partial charge on any atom is -0.507 e. The summed E-state index contributed by atoms with van der Waals surface area (Å²) < 4.78 is 17.9. The van der Waals surface area contributed by atoms with Crippen LogP contribution in [0.2, 0.25) is 0 Å². The number of aliphatic hydroxyl groups is 1. The second-order valence-corrected chi connectivity index (χ2v) is 2.58. The number of methoxy groups -OCH3 is 1. The molecule has 0 heterocycles. The zero-order valence-electron chi connectivity index (χ0n) is 7.25. The molecule has 1 aromatic rings. The summed E-state index contributed by atoms with van der Waals surface area (Å²) in [5, 5.41) is 17.9. The number of rotatable bonds is 3. The molecule has 0 fully saturated rings. The maximum absolute atomic E-state index is 13.1. The van der Waals surface area contributed by atoms with Gasteiger partial charge in [0.1, 0.15) is 17.3 Å². The van der Waals surface area contributed by atoms with Gasteiger partial charge in [-0.05, 0) is 0 Å². The SMILES string of the molecule is COc1cc(O)c(CCO)c(F)c1. The third-order valence-electron chi connectivity index (χ3n) is 1.74. The third kappa shape index (κ3) is 2.09. The van der Waals surface area contributed by atoms with E-state index in [1.165, 1.54) is 19.2 Å². The lowest BCUT2D eigenvalue weighted by atomic mass is 10.1. The molecule has 0 radical (unpaired) electrons. The number of hydrogen-bond acceptors (Lipinski definition) is 3. The van der Waals surface area contributed by atoms with Crippen molar-refractivity contribution < 1.29 is 19.3 Å². The first kappa shape index (κ1) is 9.80. The van der Waals surface area contributed by atoms with Crippen molar-refractivity contribution in [3.63, 3.8) is 0 Å². The Hall–Kier alpha value is -1.29. The van der Waals surface area contributed by atoms with Gasteiger partial charge in [-0.25, -0.2) is 4.39 Å². The fourth-order valence-electron chi connectivity index (χ4n) is 1.08. The van der Waals surface area contributed by atoms with Crippen molar-refractivity contribution in [2.24, 2.45) is 0 Å². The summed E-state index contributed by atoms with van der Waals surface area (Å²) in [7, 11) is 1.39. The molecule has 0 bridgehead atoms. The van der Waals surface area contributed by atoms with Crippen molar-refractivity contribution in [2.75, 3.05) is 13.7 Å². The lowest BCUT2D eigenvalue weighted by molar-refractivity contribution is 0.294. The highest BCUT2D eigenvalue weighted by Gasteiger charge is 2.09. The van der Waals surface area contributed by atoms with Crippen molar-refractivity contribution in [2.45, 2.75) is 6.42 Å². The molecule has 0 amide bonds. The van der Waals surface area contributed by atoms with Gasteiger partial charge in [0.25, 0.3) is 0 Å². The summed E-state index contributed by atoms with van der Waals surface area (Å²) >= 11 is 0. The number of ether oxygens (including phenoxy) is 1. The predicted molar refractivity (Wildman–Crippen MR) is 45.4 cm³/mol. The fraction of sp³-hybridized carbons (Fsp3) is 0.333. The van der Waals surface area contributed by atoms with Crippen molar-refractivity contribution in [3.05, 3.63) is 23.5 Å². The van der Waals surface area contributed by atoms with Crippen molar-refractivity contribution in [1.29, 1.82) is 0 Å². The Balaban J connectivity index is 3.07. The van der Waals surface area contributed by atoms with E-state index in [2.05, 4.69) is 0 Å². The maximum atomic E-state index is 13.1. The van der Waals surface area contributed by atoms with Gasteiger partial charge < -0.3 is 14.9 Å². The lowest BCUT2D eigenvalue weighted by Gasteiger charge is -2.06. The van der Waals surface area contributed by atoms with E-state index in [0.717, 1.165) is 0 Å². The Labute approximate surface area is 75.4 Å². The molecule has 0 atom stereocenters. The summed E-state index contributed by atoms with van der Waals surface area (Å²) in [6, 6.07) is 2.48. The average Bonchev–Trinajstić information content (AvgIpc) is 2.11. The molecule has 3 nitrogen and oxygen atoms in total. The Bertz CT molecular complexity index is 276. The number of phenolic OH excluding ortho intramolecular Hbond substituents is 1. The smallest absolute Gasteiger partial charge is 0.133 e. The molecule has 0 saturated heterocycles. The second-order valence-electron chi connectivity index (χ2n) is 2.58. The Morgan fingerprint density at radius 1 is 1.46 bits per heavy atom. The second kappa shape index (κ2) is 4.09. The van der Waals surface area contributed by atoms with Crippen LogP contribution < -0.4 is 4.74 Å². The molecule has 4 heteroatoms. The first-order valence-corrected chi connectivity index (χ1v) is 3.85. The molecular weight excluding hydrogens is 175 g/mol. The number of hydrogen-bond donors (Lipinski definition) is 2. The number of halogens is 1. The topological polar surface area (TPSA) is 49.7 Å². The minimum absolute atomic E-state index is 0.0989. The molecular formula is C9H11FO3. The van der Waals surface area contributed by atoms with Crippen LogP contribution in [0, 0.1) is 5.82 Å². The molecule has 0 spiro atoms. The largest absolute Gasteiger partial charge is 0.507 e. The van der Waals surface area contributed by atoms with Crippen molar-refractivity contribution in [1.82, 2.24) is 0 Å². The molecule has 0 aromatic heterocycles. The van der Waals surface area contributed by atoms with E-state index in [0.29, 0.717) is 0 Å². The van der Waals surface area contributed by atoms with Crippen LogP contribution in [0.5, 0.6) is 11.5 Å². The number of aromatic hydroxyl groups is 1. The van der Waals surface area contributed by atoms with Crippen molar-refractivity contribution >= 4 is 0 Å². The number of aliphatic hydroxyl groups excluding tert-OH is 1. The summed E-state index contributed by atoms with van der Waals surface area (Å²) in [5.74, 6) is -0.492. The quantitative estimate of drug-likeness (QED) is 0.742. The summed E-state index contributed by atoms with van der Waals surface area (Å²) in [4.78, 5) is 0. The lowest BCUT2D eigenvalue weighted by Crippen LogP contribution is -1.96. The normalized spacial score (nSPS) is 10.1. The molecule has 0 aliphatic heterocycles. The van der Waals surface area contributed by atoms with E-state index < -0.39 is 5.82 Å². The molecule has 0 saturated carbocycles. The maximum Gasteiger partial charge on any atom is 0.133 e. The van der Waals surface area contributed by atoms with Gasteiger partial charge in [0.15, 0.2) is 0 Å². The molecule has 0 aliphatic carbocycles. The standard InChI is InChI=1S/C9H11FO3/c1-13-6-4-8(10)7(2-3-11)9(12)5-6/h4-5,11-12H,2-3H2,1H3. The van der Waals surface area contributed by atoms with Crippen LogP contribution in [0.1, 0.15) is 5.56 Å². The minimum atomic E-state index is -0.564. The van der Waals surface area contributed by atoms with Crippen LogP contribution in [-0.2, 0) is 6.42 Å². The average molecular weight is 186 g/mol. The van der Waals surface area contributed by atoms with Gasteiger partial charge in [-0.15, -0.1) is 0 Å². The fourth-order valence-corrected chi connectivity index (χ4v) is 1.08. The Morgan fingerprint density at radius 2 is 2.15 bits per heavy atom. The summed E-state index contributed by atoms with van der Waals surface area (Å²) in [5.41, 5.74) is 0.114. The Morgan fingerprint density at radius 3 is 2.62 bits per heavy atom. The molecule has 13 heavy (non-hydrogen) atoms. The summed E-state index contributed by atoms with van der Waals surface area (Å²) in [6.07, 6.45) is 0.0989. The zero-order chi connectivity index (χ0) is 9.84. The van der Waals surface area contributed by atoms with Crippen molar-refractivity contribution in [3.8, 4) is 11.5 Å². The van der Waals surface area contributed by atoms with Crippen LogP contribution in [0.15, 0.2) is 12.1 Å². The first-order valence-electron chi connectivity index (χ1n) is 3.85. The zero-order valence-corrected chi connectivity index (χ0v) is 7.25. The van der Waals surface area contributed by atoms with Gasteiger partial charge in [-0.3, -0.25) is 0 Å². The highest BCUT2D eigenvalue weighted by atomic mass is 19.1. The first-order chi connectivity index (χ1) is 6.19. The highest BCUT2D eigenvalue weighted by Crippen LogP contribution is 2.26. The van der Waals surface area contributed by atoms with Gasteiger partial charge >= 0.3 is 0 Å². The summed E-state index contributed by atoms with van der Waals surface area (Å²) in [6.45, 7) is -0.198. The van der Waals surface area contributed by atoms with Crippen LogP contribution in [0.25, 0.3) is 0 Å². The number of phenols is 1. The molecule has 72 valence electrons. The van der Waals surface area contributed by atoms with E-state index in [4.69, 9.17) is 9.84 Å². The van der Waals surface area contributed by atoms with E-state index in [1.807, 2.05) is 0 Å². The third-order valence-corrected chi connectivity index (χ3v) is 1.74. The predicted octanol–water partition coefficient (Wildman–Crippen LogP) is 1.07. The molecule has 0 aliphatic rings. The van der Waals surface area contributed by atoms with E-state index in [-0.39, 0.29) is 30.1 Å². The monoisotopic (exact) mass is 186 g/mol. The van der Waals surface area contributed by atoms with Crippen LogP contribution >= 0.6 is 0 Å². The van der Waals surface area contributed by atoms with Gasteiger partial charge in [0.05, 0.1) is 7.11 Å². The van der Waals surface area contributed by atoms with Crippen LogP contribution in [0.4, 0.5) is 4.39 Å². The molecule has 1 aromatic carbocycles. The van der Waals surface area contributed by atoms with E-state index >= 15 is 0 Å². The van der Waals surface area contributed by atoms with Gasteiger partial charge in [0.2, 0.25) is 0 Å². The van der Waals surface area contributed by atoms with Gasteiger partial charge in [-0.1, -0.05) is 0 Å². The van der Waals surface area contributed by atoms with E-state index in [1.54, 1.807) is 0 Å². The van der Waals surface area contributed by atoms with Gasteiger partial charge in [-0.2, -0.15) is 0 Å².